The van der Waals surface area contributed by atoms with Crippen molar-refractivity contribution in [2.45, 2.75) is 57.9 Å². The molecule has 1 aliphatic heterocycles. The topological polar surface area (TPSA) is 122 Å². The Balaban J connectivity index is 1.44. The zero-order valence-corrected chi connectivity index (χ0v) is 15.9. The second kappa shape index (κ2) is 9.77. The van der Waals surface area contributed by atoms with Gasteiger partial charge < -0.3 is 15.4 Å². The van der Waals surface area contributed by atoms with E-state index in [4.69, 9.17) is 6.11 Å². The van der Waals surface area contributed by atoms with E-state index in [9.17, 15) is 9.59 Å². The number of aromatic amines is 1. The van der Waals surface area contributed by atoms with Gasteiger partial charge in [0.1, 0.15) is 6.02 Å². The fourth-order valence-corrected chi connectivity index (χ4v) is 4.16. The van der Waals surface area contributed by atoms with E-state index < -0.39 is 12.0 Å². The molecular formula is C18H30N6O3. The zero-order valence-electron chi connectivity index (χ0n) is 16.9. The molecule has 0 unspecified atom stereocenters. The Morgan fingerprint density at radius 1 is 1.33 bits per heavy atom. The molecule has 0 radical (unpaired) electrons. The van der Waals surface area contributed by atoms with Gasteiger partial charge in [-0.15, -0.1) is 10.2 Å². The quantitative estimate of drug-likeness (QED) is 0.446. The highest BCUT2D eigenvalue weighted by Gasteiger charge is 2.38. The van der Waals surface area contributed by atoms with Gasteiger partial charge >= 0.3 is 5.97 Å². The minimum Gasteiger partial charge on any atom is -0.464 e. The van der Waals surface area contributed by atoms with Crippen LogP contribution in [-0.2, 0) is 20.7 Å². The number of aromatic nitrogens is 4. The number of carbonyl (C=O) groups excluding carboxylic acids is 2. The number of carbonyl (C=O) groups is 2. The average Bonchev–Trinajstić information content (AvgIpc) is 3.19. The maximum Gasteiger partial charge on any atom is 0.323 e. The van der Waals surface area contributed by atoms with Gasteiger partial charge in [-0.25, -0.2) is 0 Å². The maximum atomic E-state index is 12.5. The lowest BCUT2D eigenvalue weighted by Gasteiger charge is -2.42. The van der Waals surface area contributed by atoms with E-state index in [1.54, 1.807) is 0 Å². The number of ether oxygens (including phenoxy) is 1. The van der Waals surface area contributed by atoms with Gasteiger partial charge in [0.25, 0.3) is 0 Å². The Hall–Kier alpha value is -2.03. The lowest BCUT2D eigenvalue weighted by atomic mass is 9.69. The largest absolute Gasteiger partial charge is 0.464 e. The lowest BCUT2D eigenvalue weighted by molar-refractivity contribution is -0.148. The molecule has 2 heterocycles. The van der Waals surface area contributed by atoms with E-state index in [0.29, 0.717) is 43.7 Å². The van der Waals surface area contributed by atoms with E-state index in [0.717, 1.165) is 31.5 Å². The first-order valence-corrected chi connectivity index (χ1v) is 9.85. The van der Waals surface area contributed by atoms with E-state index >= 15 is 0 Å². The Morgan fingerprint density at radius 2 is 2.22 bits per heavy atom. The molecule has 0 spiro atoms. The number of amides is 1. The summed E-state index contributed by atoms with van der Waals surface area (Å²) in [6.45, 7) is 2.82. The SMILES string of the molecule is [2H][C@@]1(C(=O)OCCCNC(C)=O)C[C@H]2C[C@@H](CCc3nn[nH]n3)CC[C@H]2CN1. The molecule has 9 nitrogen and oxygen atoms in total. The van der Waals surface area contributed by atoms with Gasteiger partial charge in [0, 0.05) is 19.9 Å². The second-order valence-electron chi connectivity index (χ2n) is 7.60. The molecule has 2 aliphatic rings. The smallest absolute Gasteiger partial charge is 0.323 e. The number of H-pyrrole nitrogens is 1. The summed E-state index contributed by atoms with van der Waals surface area (Å²) in [5.74, 6) is 1.57. The van der Waals surface area contributed by atoms with Crippen LogP contribution in [0.1, 0.15) is 52.6 Å². The number of fused-ring (bicyclic) bond motifs is 1. The molecule has 1 aromatic rings. The van der Waals surface area contributed by atoms with Crippen LogP contribution < -0.4 is 10.6 Å². The summed E-state index contributed by atoms with van der Waals surface area (Å²) in [6, 6.07) is -1.37. The number of aryl methyl sites for hydroxylation is 1. The van der Waals surface area contributed by atoms with Crippen molar-refractivity contribution in [2.24, 2.45) is 17.8 Å². The number of nitrogens with one attached hydrogen (secondary N) is 3. The molecular weight excluding hydrogens is 348 g/mol. The van der Waals surface area contributed by atoms with Crippen LogP contribution in [0, 0.1) is 17.8 Å². The van der Waals surface area contributed by atoms with Gasteiger partial charge in [-0.1, -0.05) is 11.6 Å². The molecule has 1 saturated heterocycles. The third-order valence-corrected chi connectivity index (χ3v) is 5.63. The van der Waals surface area contributed by atoms with Crippen molar-refractivity contribution in [3.05, 3.63) is 5.82 Å². The van der Waals surface area contributed by atoms with Gasteiger partial charge in [0.2, 0.25) is 5.91 Å². The number of hydrogen-bond acceptors (Lipinski definition) is 7. The highest BCUT2D eigenvalue weighted by molar-refractivity contribution is 5.76. The first-order valence-electron chi connectivity index (χ1n) is 10.4. The van der Waals surface area contributed by atoms with Gasteiger partial charge in [-0.05, 0) is 56.4 Å². The minimum absolute atomic E-state index is 0.102. The van der Waals surface area contributed by atoms with Crippen molar-refractivity contribution in [1.29, 1.82) is 0 Å². The molecule has 0 aromatic carbocycles. The first-order chi connectivity index (χ1) is 13.5. The molecule has 1 aromatic heterocycles. The Morgan fingerprint density at radius 3 is 3.00 bits per heavy atom. The summed E-state index contributed by atoms with van der Waals surface area (Å²) in [6.07, 6.45) is 6.16. The molecule has 9 heteroatoms. The van der Waals surface area contributed by atoms with Crippen LogP contribution in [0.15, 0.2) is 0 Å². The van der Waals surface area contributed by atoms with Crippen LogP contribution >= 0.6 is 0 Å². The molecule has 3 rings (SSSR count). The number of esters is 1. The van der Waals surface area contributed by atoms with Crippen LogP contribution in [-0.4, -0.2) is 58.2 Å². The molecule has 2 fully saturated rings. The number of rotatable bonds is 8. The first kappa shape index (κ1) is 18.3. The fourth-order valence-electron chi connectivity index (χ4n) is 4.16. The number of piperidine rings is 1. The number of tetrazole rings is 1. The van der Waals surface area contributed by atoms with Crippen molar-refractivity contribution in [2.75, 3.05) is 19.7 Å². The lowest BCUT2D eigenvalue weighted by Crippen LogP contribution is -2.50. The molecule has 27 heavy (non-hydrogen) atoms. The molecule has 150 valence electrons. The number of nitrogens with zero attached hydrogens (tertiary/aromatic N) is 3. The number of hydrogen-bond donors (Lipinski definition) is 3. The van der Waals surface area contributed by atoms with Gasteiger partial charge in [-0.2, -0.15) is 5.21 Å². The fraction of sp³-hybridized carbons (Fsp3) is 0.833. The van der Waals surface area contributed by atoms with E-state index in [1.807, 2.05) is 0 Å². The second-order valence-corrected chi connectivity index (χ2v) is 7.60. The van der Waals surface area contributed by atoms with Crippen molar-refractivity contribution in [3.8, 4) is 0 Å². The molecule has 1 aliphatic carbocycles. The minimum atomic E-state index is -1.37. The normalized spacial score (nSPS) is 30.9. The van der Waals surface area contributed by atoms with Crippen LogP contribution in [0.5, 0.6) is 0 Å². The van der Waals surface area contributed by atoms with Crippen molar-refractivity contribution in [1.82, 2.24) is 31.3 Å². The highest BCUT2D eigenvalue weighted by Crippen LogP contribution is 2.40. The summed E-state index contributed by atoms with van der Waals surface area (Å²) >= 11 is 0. The van der Waals surface area contributed by atoms with E-state index in [2.05, 4.69) is 31.3 Å². The van der Waals surface area contributed by atoms with Crippen molar-refractivity contribution in [3.63, 3.8) is 0 Å². The predicted octanol–water partition coefficient (Wildman–Crippen LogP) is 0.596. The summed E-state index contributed by atoms with van der Waals surface area (Å²) in [5.41, 5.74) is 0. The standard InChI is InChI=1S/C18H30N6O3/c1-12(25)19-7-2-8-27-18(26)16-10-15-9-13(3-5-14(15)11-20-16)4-6-17-21-23-24-22-17/h13-16,20H,2-11H2,1H3,(H,19,25)(H,21,22,23,24)/t13-,14+,15-,16+/m1/s1/i16D. The third kappa shape index (κ3) is 5.98. The molecule has 1 amide bonds. The molecule has 1 saturated carbocycles. The van der Waals surface area contributed by atoms with Crippen molar-refractivity contribution >= 4 is 11.9 Å². The van der Waals surface area contributed by atoms with E-state index in [1.165, 1.54) is 13.3 Å². The highest BCUT2D eigenvalue weighted by atomic mass is 16.5. The van der Waals surface area contributed by atoms with Crippen LogP contribution in [0.3, 0.4) is 0 Å². The van der Waals surface area contributed by atoms with E-state index in [-0.39, 0.29) is 12.5 Å². The van der Waals surface area contributed by atoms with Gasteiger partial charge in [0.05, 0.1) is 7.98 Å². The Labute approximate surface area is 160 Å². The Bertz CT molecular complexity index is 658. The van der Waals surface area contributed by atoms with Crippen molar-refractivity contribution < 1.29 is 15.7 Å². The third-order valence-electron chi connectivity index (χ3n) is 5.63. The molecule has 4 atom stereocenters. The molecule has 0 bridgehead atoms. The average molecular weight is 379 g/mol. The predicted molar refractivity (Wildman–Crippen MR) is 97.5 cm³/mol. The summed E-state index contributed by atoms with van der Waals surface area (Å²) in [4.78, 5) is 23.3. The van der Waals surface area contributed by atoms with Gasteiger partial charge in [0.15, 0.2) is 5.82 Å². The van der Waals surface area contributed by atoms with Crippen LogP contribution in [0.4, 0.5) is 0 Å². The summed E-state index contributed by atoms with van der Waals surface area (Å²) < 4.78 is 13.9. The van der Waals surface area contributed by atoms with Crippen LogP contribution in [0.2, 0.25) is 0 Å². The summed E-state index contributed by atoms with van der Waals surface area (Å²) in [7, 11) is 0. The summed E-state index contributed by atoms with van der Waals surface area (Å²) in [5, 5.41) is 19.9. The zero-order chi connectivity index (χ0) is 20.0. The Kier molecular flexibility index (Phi) is 6.64. The molecule has 3 N–H and O–H groups in total. The van der Waals surface area contributed by atoms with Crippen LogP contribution in [0.25, 0.3) is 0 Å². The monoisotopic (exact) mass is 379 g/mol. The maximum absolute atomic E-state index is 12.5. The van der Waals surface area contributed by atoms with Gasteiger partial charge in [-0.3, -0.25) is 9.59 Å².